The molecule has 0 spiro atoms. The number of para-hydroxylation sites is 2. The molecule has 0 saturated heterocycles. The van der Waals surface area contributed by atoms with Crippen LogP contribution in [0.3, 0.4) is 0 Å². The number of aromatic amines is 1. The van der Waals surface area contributed by atoms with Crippen LogP contribution in [0.25, 0.3) is 10.9 Å². The molecule has 6 nitrogen and oxygen atoms in total. The van der Waals surface area contributed by atoms with Crippen LogP contribution in [-0.4, -0.2) is 15.5 Å². The summed E-state index contributed by atoms with van der Waals surface area (Å²) in [5.41, 5.74) is -1.47. The first-order chi connectivity index (χ1) is 15.2. The van der Waals surface area contributed by atoms with E-state index < -0.39 is 29.3 Å². The Morgan fingerprint density at radius 3 is 2.38 bits per heavy atom. The maximum atomic E-state index is 13.2. The number of halogens is 3. The molecule has 0 bridgehead atoms. The summed E-state index contributed by atoms with van der Waals surface area (Å²) in [5.74, 6) is -0.832. The number of alkyl halides is 3. The van der Waals surface area contributed by atoms with Crippen molar-refractivity contribution in [1.82, 2.24) is 9.55 Å². The highest BCUT2D eigenvalue weighted by Crippen LogP contribution is 2.36. The molecular weight excluding hydrogens is 423 g/mol. The van der Waals surface area contributed by atoms with E-state index in [4.69, 9.17) is 0 Å². The highest BCUT2D eigenvalue weighted by molar-refractivity contribution is 5.93. The average Bonchev–Trinajstić information content (AvgIpc) is 2.76. The molecule has 0 atom stereocenters. The minimum Gasteiger partial charge on any atom is -0.325 e. The van der Waals surface area contributed by atoms with Gasteiger partial charge in [-0.2, -0.15) is 13.2 Å². The van der Waals surface area contributed by atoms with Gasteiger partial charge in [-0.3, -0.25) is 14.2 Å². The number of rotatable bonds is 4. The second-order valence-electron chi connectivity index (χ2n) is 8.14. The molecule has 168 valence electrons. The Balaban J connectivity index is 1.41. The molecule has 0 radical (unpaired) electrons. The van der Waals surface area contributed by atoms with Crippen molar-refractivity contribution in [3.05, 3.63) is 74.9 Å². The van der Waals surface area contributed by atoms with Crippen molar-refractivity contribution in [1.29, 1.82) is 0 Å². The number of benzene rings is 2. The SMILES string of the molecule is O=C(Nc1ccccc1C(F)(F)F)C1CCC(Cn2c(=O)[nH]c3ccccc3c2=O)CC1. The summed E-state index contributed by atoms with van der Waals surface area (Å²) in [6.07, 6.45) is -2.41. The number of amides is 1. The molecule has 2 N–H and O–H groups in total. The van der Waals surface area contributed by atoms with E-state index in [-0.39, 0.29) is 23.7 Å². The summed E-state index contributed by atoms with van der Waals surface area (Å²) in [5, 5.41) is 2.85. The van der Waals surface area contributed by atoms with Gasteiger partial charge in [0.25, 0.3) is 5.56 Å². The molecule has 1 amide bonds. The fourth-order valence-corrected chi connectivity index (χ4v) is 4.30. The number of hydrogen-bond donors (Lipinski definition) is 2. The van der Waals surface area contributed by atoms with Crippen LogP contribution in [0.4, 0.5) is 18.9 Å². The first-order valence-electron chi connectivity index (χ1n) is 10.4. The van der Waals surface area contributed by atoms with Crippen LogP contribution >= 0.6 is 0 Å². The molecular formula is C23H22F3N3O3. The minimum absolute atomic E-state index is 0.0291. The van der Waals surface area contributed by atoms with E-state index in [9.17, 15) is 27.6 Å². The predicted molar refractivity (Wildman–Crippen MR) is 114 cm³/mol. The summed E-state index contributed by atoms with van der Waals surface area (Å²) in [4.78, 5) is 40.4. The third-order valence-electron chi connectivity index (χ3n) is 6.04. The van der Waals surface area contributed by atoms with Crippen LogP contribution in [-0.2, 0) is 17.5 Å². The van der Waals surface area contributed by atoms with E-state index in [1.54, 1.807) is 24.3 Å². The number of anilines is 1. The van der Waals surface area contributed by atoms with Crippen LogP contribution in [0, 0.1) is 11.8 Å². The molecule has 9 heteroatoms. The molecule has 4 rings (SSSR count). The molecule has 1 heterocycles. The molecule has 0 unspecified atom stereocenters. The molecule has 0 aliphatic heterocycles. The summed E-state index contributed by atoms with van der Waals surface area (Å²) in [6.45, 7) is 0.240. The number of carbonyl (C=O) groups excluding carboxylic acids is 1. The Bertz CT molecular complexity index is 1250. The highest BCUT2D eigenvalue weighted by Gasteiger charge is 2.34. The molecule has 1 aromatic heterocycles. The zero-order chi connectivity index (χ0) is 22.9. The van der Waals surface area contributed by atoms with Crippen molar-refractivity contribution < 1.29 is 18.0 Å². The fourth-order valence-electron chi connectivity index (χ4n) is 4.30. The highest BCUT2D eigenvalue weighted by atomic mass is 19.4. The molecule has 1 fully saturated rings. The quantitative estimate of drug-likeness (QED) is 0.633. The van der Waals surface area contributed by atoms with Crippen molar-refractivity contribution in [3.63, 3.8) is 0 Å². The van der Waals surface area contributed by atoms with Gasteiger partial charge in [-0.1, -0.05) is 24.3 Å². The van der Waals surface area contributed by atoms with Gasteiger partial charge in [-0.15, -0.1) is 0 Å². The van der Waals surface area contributed by atoms with Gasteiger partial charge in [0, 0.05) is 12.5 Å². The van der Waals surface area contributed by atoms with Gasteiger partial charge in [0.1, 0.15) is 0 Å². The summed E-state index contributed by atoms with van der Waals surface area (Å²) < 4.78 is 40.7. The zero-order valence-corrected chi connectivity index (χ0v) is 17.1. The predicted octanol–water partition coefficient (Wildman–Crippen LogP) is 4.15. The van der Waals surface area contributed by atoms with E-state index in [0.29, 0.717) is 36.6 Å². The lowest BCUT2D eigenvalue weighted by molar-refractivity contribution is -0.137. The Morgan fingerprint density at radius 2 is 1.66 bits per heavy atom. The first-order valence-corrected chi connectivity index (χ1v) is 10.4. The normalized spacial score (nSPS) is 19.1. The lowest BCUT2D eigenvalue weighted by Crippen LogP contribution is -2.38. The Kier molecular flexibility index (Phi) is 5.90. The number of H-pyrrole nitrogens is 1. The van der Waals surface area contributed by atoms with Crippen molar-refractivity contribution in [3.8, 4) is 0 Å². The van der Waals surface area contributed by atoms with Crippen molar-refractivity contribution in [2.45, 2.75) is 38.4 Å². The Hall–Kier alpha value is -3.36. The zero-order valence-electron chi connectivity index (χ0n) is 17.1. The standard InChI is InChI=1S/C23H22F3N3O3/c24-23(25,26)17-6-2-4-8-19(17)27-20(30)15-11-9-14(10-12-15)13-29-21(31)16-5-1-3-7-18(16)28-22(29)32/h1-8,14-15H,9-13H2,(H,27,30)(H,28,32). The molecule has 1 aliphatic carbocycles. The molecule has 1 aliphatic rings. The van der Waals surface area contributed by atoms with Crippen molar-refractivity contribution >= 4 is 22.5 Å². The van der Waals surface area contributed by atoms with Gasteiger partial charge < -0.3 is 10.3 Å². The summed E-state index contributed by atoms with van der Waals surface area (Å²) in [7, 11) is 0. The Labute approximate surface area is 181 Å². The third kappa shape index (κ3) is 4.46. The fraction of sp³-hybridized carbons (Fsp3) is 0.348. The van der Waals surface area contributed by atoms with Gasteiger partial charge in [0.15, 0.2) is 0 Å². The Morgan fingerprint density at radius 1 is 1.00 bits per heavy atom. The van der Waals surface area contributed by atoms with Crippen molar-refractivity contribution in [2.75, 3.05) is 5.32 Å². The van der Waals surface area contributed by atoms with Gasteiger partial charge in [0.05, 0.1) is 22.2 Å². The van der Waals surface area contributed by atoms with E-state index in [0.717, 1.165) is 6.07 Å². The second-order valence-corrected chi connectivity index (χ2v) is 8.14. The van der Waals surface area contributed by atoms with Gasteiger partial charge in [-0.05, 0) is 55.9 Å². The molecule has 1 saturated carbocycles. The second kappa shape index (κ2) is 8.64. The number of nitrogens with one attached hydrogen (secondary N) is 2. The van der Waals surface area contributed by atoms with E-state index in [1.165, 1.54) is 22.8 Å². The van der Waals surface area contributed by atoms with Crippen molar-refractivity contribution in [2.24, 2.45) is 11.8 Å². The van der Waals surface area contributed by atoms with Gasteiger partial charge in [-0.25, -0.2) is 4.79 Å². The van der Waals surface area contributed by atoms with E-state index in [2.05, 4.69) is 10.3 Å². The summed E-state index contributed by atoms with van der Waals surface area (Å²) >= 11 is 0. The molecule has 2 aromatic carbocycles. The van der Waals surface area contributed by atoms with E-state index >= 15 is 0 Å². The van der Waals surface area contributed by atoms with E-state index in [1.807, 2.05) is 0 Å². The minimum atomic E-state index is -4.55. The smallest absolute Gasteiger partial charge is 0.325 e. The van der Waals surface area contributed by atoms with Crippen LogP contribution in [0.1, 0.15) is 31.2 Å². The molecule has 32 heavy (non-hydrogen) atoms. The maximum absolute atomic E-state index is 13.2. The first kappa shape index (κ1) is 21.9. The van der Waals surface area contributed by atoms with Crippen LogP contribution in [0.15, 0.2) is 58.1 Å². The summed E-state index contributed by atoms with van der Waals surface area (Å²) in [6, 6.07) is 11.7. The number of nitrogens with zero attached hydrogens (tertiary/aromatic N) is 1. The third-order valence-corrected chi connectivity index (χ3v) is 6.04. The molecule has 3 aromatic rings. The van der Waals surface area contributed by atoms with Crippen LogP contribution in [0.2, 0.25) is 0 Å². The lowest BCUT2D eigenvalue weighted by atomic mass is 9.81. The van der Waals surface area contributed by atoms with Crippen LogP contribution in [0.5, 0.6) is 0 Å². The average molecular weight is 445 g/mol. The number of carbonyl (C=O) groups is 1. The van der Waals surface area contributed by atoms with Gasteiger partial charge in [0.2, 0.25) is 5.91 Å². The maximum Gasteiger partial charge on any atom is 0.418 e. The topological polar surface area (TPSA) is 84.0 Å². The number of aromatic nitrogens is 2. The monoisotopic (exact) mass is 445 g/mol. The lowest BCUT2D eigenvalue weighted by Gasteiger charge is -2.28. The van der Waals surface area contributed by atoms with Gasteiger partial charge >= 0.3 is 11.9 Å². The van der Waals surface area contributed by atoms with Crippen LogP contribution < -0.4 is 16.6 Å². The number of hydrogen-bond acceptors (Lipinski definition) is 3. The largest absolute Gasteiger partial charge is 0.418 e. The number of fused-ring (bicyclic) bond motifs is 1.